The van der Waals surface area contributed by atoms with Gasteiger partial charge in [0.25, 0.3) is 0 Å². The quantitative estimate of drug-likeness (QED) is 0.825. The van der Waals surface area contributed by atoms with E-state index in [-0.39, 0.29) is 0 Å². The zero-order valence-corrected chi connectivity index (χ0v) is 10.7. The monoisotopic (exact) mass is 248 g/mol. The van der Waals surface area contributed by atoms with Crippen LogP contribution in [0.1, 0.15) is 30.1 Å². The van der Waals surface area contributed by atoms with Gasteiger partial charge in [0.2, 0.25) is 5.91 Å². The normalized spacial score (nSPS) is 19.5. The number of aromatic nitrogens is 1. The number of nitrogens with two attached hydrogens (primary N) is 1. The second-order valence-electron chi connectivity index (χ2n) is 4.55. The van der Waals surface area contributed by atoms with E-state index in [1.165, 1.54) is 6.42 Å². The van der Waals surface area contributed by atoms with E-state index in [1.807, 2.05) is 0 Å². The van der Waals surface area contributed by atoms with E-state index in [2.05, 4.69) is 22.1 Å². The van der Waals surface area contributed by atoms with Gasteiger partial charge in [0.15, 0.2) is 0 Å². The molecule has 0 saturated carbocycles. The van der Waals surface area contributed by atoms with Gasteiger partial charge in [-0.05, 0) is 38.4 Å². The van der Waals surface area contributed by atoms with E-state index in [9.17, 15) is 4.79 Å². The Hall–Kier alpha value is -1.62. The van der Waals surface area contributed by atoms with Gasteiger partial charge in [0.05, 0.1) is 0 Å². The van der Waals surface area contributed by atoms with Crippen LogP contribution in [0.25, 0.3) is 0 Å². The lowest BCUT2D eigenvalue weighted by molar-refractivity contribution is 0.1000. The molecule has 1 aliphatic heterocycles. The summed E-state index contributed by atoms with van der Waals surface area (Å²) in [7, 11) is 0. The topological polar surface area (TPSA) is 71.2 Å². The second-order valence-corrected chi connectivity index (χ2v) is 4.55. The zero-order chi connectivity index (χ0) is 13.0. The number of primary amides is 1. The van der Waals surface area contributed by atoms with E-state index in [4.69, 9.17) is 5.73 Å². The van der Waals surface area contributed by atoms with Gasteiger partial charge in [0.1, 0.15) is 5.82 Å². The predicted octanol–water partition coefficient (Wildman–Crippen LogP) is 0.759. The lowest BCUT2D eigenvalue weighted by Crippen LogP contribution is -2.46. The number of likely N-dealkylation sites (N-methyl/N-ethyl adjacent to an activating group) is 1. The highest BCUT2D eigenvalue weighted by Gasteiger charge is 2.21. The first kappa shape index (κ1) is 12.8. The number of hydrogen-bond acceptors (Lipinski definition) is 4. The molecule has 1 fully saturated rings. The Morgan fingerprint density at radius 3 is 3.11 bits per heavy atom. The minimum absolute atomic E-state index is 0.406. The van der Waals surface area contributed by atoms with Gasteiger partial charge < -0.3 is 16.0 Å². The van der Waals surface area contributed by atoms with Crippen molar-refractivity contribution in [3.05, 3.63) is 23.9 Å². The maximum atomic E-state index is 11.2. The number of piperidine rings is 1. The Labute approximate surface area is 107 Å². The van der Waals surface area contributed by atoms with Gasteiger partial charge in [-0.2, -0.15) is 0 Å². The third-order valence-electron chi connectivity index (χ3n) is 3.38. The largest absolute Gasteiger partial charge is 0.366 e. The molecule has 1 amide bonds. The van der Waals surface area contributed by atoms with Crippen molar-refractivity contribution in [2.24, 2.45) is 5.73 Å². The van der Waals surface area contributed by atoms with Crippen LogP contribution in [0.2, 0.25) is 0 Å². The summed E-state index contributed by atoms with van der Waals surface area (Å²) in [5, 5.41) is 3.40. The van der Waals surface area contributed by atoms with E-state index < -0.39 is 5.91 Å². The first-order valence-corrected chi connectivity index (χ1v) is 6.45. The molecule has 5 heteroatoms. The fraction of sp³-hybridized carbons (Fsp3) is 0.538. The molecule has 0 spiro atoms. The smallest absolute Gasteiger partial charge is 0.248 e. The zero-order valence-electron chi connectivity index (χ0n) is 10.7. The summed E-state index contributed by atoms with van der Waals surface area (Å²) >= 11 is 0. The van der Waals surface area contributed by atoms with Gasteiger partial charge in [0, 0.05) is 30.9 Å². The van der Waals surface area contributed by atoms with Crippen molar-refractivity contribution in [3.63, 3.8) is 0 Å². The van der Waals surface area contributed by atoms with Gasteiger partial charge in [-0.3, -0.25) is 4.79 Å². The lowest BCUT2D eigenvalue weighted by atomic mass is 10.1. The molecule has 0 radical (unpaired) electrons. The first-order valence-electron chi connectivity index (χ1n) is 6.45. The van der Waals surface area contributed by atoms with Crippen molar-refractivity contribution in [3.8, 4) is 0 Å². The van der Waals surface area contributed by atoms with E-state index in [1.54, 1.807) is 18.3 Å². The molecule has 98 valence electrons. The number of carbonyl (C=O) groups is 1. The Balaban J connectivity index is 2.20. The summed E-state index contributed by atoms with van der Waals surface area (Å²) in [6.07, 6.45) is 3.98. The van der Waals surface area contributed by atoms with E-state index in [0.29, 0.717) is 11.6 Å². The Kier molecular flexibility index (Phi) is 4.15. The summed E-state index contributed by atoms with van der Waals surface area (Å²) in [6, 6.07) is 3.87. The minimum atomic E-state index is -0.406. The first-order chi connectivity index (χ1) is 8.72. The fourth-order valence-electron chi connectivity index (χ4n) is 2.44. The number of pyridine rings is 1. The maximum absolute atomic E-state index is 11.2. The van der Waals surface area contributed by atoms with Crippen LogP contribution in [0.4, 0.5) is 5.82 Å². The number of rotatable bonds is 4. The number of hydrogen-bond donors (Lipinski definition) is 2. The molecule has 1 atom stereocenters. The number of carbonyl (C=O) groups excluding carboxylic acids is 1. The Bertz CT molecular complexity index is 415. The molecule has 1 saturated heterocycles. The van der Waals surface area contributed by atoms with Crippen molar-refractivity contribution in [2.45, 2.75) is 25.8 Å². The number of nitrogens with one attached hydrogen (secondary N) is 1. The van der Waals surface area contributed by atoms with Crippen molar-refractivity contribution < 1.29 is 4.79 Å². The average molecular weight is 248 g/mol. The SMILES string of the molecule is CCN(c1cc(C(N)=O)ccn1)C1CCCNC1. The third kappa shape index (κ3) is 2.79. The lowest BCUT2D eigenvalue weighted by Gasteiger charge is -2.34. The minimum Gasteiger partial charge on any atom is -0.366 e. The highest BCUT2D eigenvalue weighted by Crippen LogP contribution is 2.19. The summed E-state index contributed by atoms with van der Waals surface area (Å²) in [4.78, 5) is 17.8. The molecule has 18 heavy (non-hydrogen) atoms. The summed E-state index contributed by atoms with van der Waals surface area (Å²) in [5.74, 6) is 0.430. The molecule has 2 rings (SSSR count). The van der Waals surface area contributed by atoms with Gasteiger partial charge in [-0.15, -0.1) is 0 Å². The molecule has 3 N–H and O–H groups in total. The van der Waals surface area contributed by atoms with Crippen LogP contribution >= 0.6 is 0 Å². The van der Waals surface area contributed by atoms with Crippen molar-refractivity contribution >= 4 is 11.7 Å². The Morgan fingerprint density at radius 1 is 1.67 bits per heavy atom. The molecule has 1 aromatic rings. The van der Waals surface area contributed by atoms with Crippen molar-refractivity contribution in [2.75, 3.05) is 24.5 Å². The highest BCUT2D eigenvalue weighted by atomic mass is 16.1. The third-order valence-corrected chi connectivity index (χ3v) is 3.38. The molecule has 1 aliphatic rings. The van der Waals surface area contributed by atoms with E-state index in [0.717, 1.165) is 31.9 Å². The Morgan fingerprint density at radius 2 is 2.50 bits per heavy atom. The highest BCUT2D eigenvalue weighted by molar-refractivity contribution is 5.93. The van der Waals surface area contributed by atoms with Crippen LogP contribution < -0.4 is 16.0 Å². The number of anilines is 1. The standard InChI is InChI=1S/C13H20N4O/c1-2-17(11-4-3-6-15-9-11)12-8-10(13(14)18)5-7-16-12/h5,7-8,11,15H,2-4,6,9H2,1H3,(H2,14,18). The van der Waals surface area contributed by atoms with Crippen LogP contribution in [-0.2, 0) is 0 Å². The van der Waals surface area contributed by atoms with Crippen LogP contribution in [0, 0.1) is 0 Å². The molecule has 5 nitrogen and oxygen atoms in total. The number of nitrogens with zero attached hydrogens (tertiary/aromatic N) is 2. The number of amides is 1. The molecule has 0 aromatic carbocycles. The molecular formula is C13H20N4O. The van der Waals surface area contributed by atoms with Crippen molar-refractivity contribution in [1.29, 1.82) is 0 Å². The summed E-state index contributed by atoms with van der Waals surface area (Å²) in [6.45, 7) is 5.04. The second kappa shape index (κ2) is 5.82. The van der Waals surface area contributed by atoms with Crippen LogP contribution in [0.15, 0.2) is 18.3 Å². The molecular weight excluding hydrogens is 228 g/mol. The predicted molar refractivity (Wildman–Crippen MR) is 71.7 cm³/mol. The van der Waals surface area contributed by atoms with Gasteiger partial charge in [-0.25, -0.2) is 4.98 Å². The molecule has 2 heterocycles. The summed E-state index contributed by atoms with van der Waals surface area (Å²) in [5.41, 5.74) is 5.82. The molecule has 1 aromatic heterocycles. The molecule has 0 aliphatic carbocycles. The average Bonchev–Trinajstić information content (AvgIpc) is 2.41. The van der Waals surface area contributed by atoms with Gasteiger partial charge >= 0.3 is 0 Å². The van der Waals surface area contributed by atoms with Crippen LogP contribution in [0.3, 0.4) is 0 Å². The molecule has 0 bridgehead atoms. The van der Waals surface area contributed by atoms with Crippen molar-refractivity contribution in [1.82, 2.24) is 10.3 Å². The van der Waals surface area contributed by atoms with E-state index >= 15 is 0 Å². The maximum Gasteiger partial charge on any atom is 0.248 e. The fourth-order valence-corrected chi connectivity index (χ4v) is 2.44. The van der Waals surface area contributed by atoms with Crippen LogP contribution in [-0.4, -0.2) is 36.6 Å². The summed E-state index contributed by atoms with van der Waals surface area (Å²) < 4.78 is 0. The van der Waals surface area contributed by atoms with Crippen LogP contribution in [0.5, 0.6) is 0 Å². The van der Waals surface area contributed by atoms with Gasteiger partial charge in [-0.1, -0.05) is 0 Å². The molecule has 1 unspecified atom stereocenters.